The molecule has 0 radical (unpaired) electrons. The molecule has 0 saturated heterocycles. The first kappa shape index (κ1) is 19.7. The van der Waals surface area contributed by atoms with Crippen LogP contribution in [0.25, 0.3) is 23.2 Å². The molecule has 0 atom stereocenters. The van der Waals surface area contributed by atoms with Crippen molar-refractivity contribution in [3.63, 3.8) is 0 Å². The van der Waals surface area contributed by atoms with Crippen LogP contribution in [0.15, 0.2) is 42.5 Å². The van der Waals surface area contributed by atoms with Gasteiger partial charge in [0.15, 0.2) is 0 Å². The van der Waals surface area contributed by atoms with E-state index in [1.807, 2.05) is 49.4 Å². The number of aryl methyl sites for hydroxylation is 1. The molecule has 1 heterocycles. The summed E-state index contributed by atoms with van der Waals surface area (Å²) in [4.78, 5) is 19.6. The van der Waals surface area contributed by atoms with Gasteiger partial charge in [-0.05, 0) is 50.0 Å². The van der Waals surface area contributed by atoms with E-state index in [1.54, 1.807) is 7.11 Å². The summed E-state index contributed by atoms with van der Waals surface area (Å²) in [6.45, 7) is 2.25. The summed E-state index contributed by atoms with van der Waals surface area (Å²) in [7, 11) is 1.67. The van der Waals surface area contributed by atoms with Crippen molar-refractivity contribution < 1.29 is 14.3 Å². The van der Waals surface area contributed by atoms with Gasteiger partial charge in [0.2, 0.25) is 0 Å². The SMILES string of the molecule is CCOC(=O)CCCCc1c(OC)ccc2[nH]c(/C=C/c3ccccc3)nc12. The maximum absolute atomic E-state index is 11.5. The highest BCUT2D eigenvalue weighted by molar-refractivity contribution is 5.83. The van der Waals surface area contributed by atoms with Gasteiger partial charge in [-0.15, -0.1) is 0 Å². The van der Waals surface area contributed by atoms with Gasteiger partial charge in [-0.3, -0.25) is 4.79 Å². The Morgan fingerprint density at radius 2 is 1.93 bits per heavy atom. The Morgan fingerprint density at radius 3 is 2.68 bits per heavy atom. The number of methoxy groups -OCH3 is 1. The zero-order chi connectivity index (χ0) is 19.8. The molecule has 0 aliphatic heterocycles. The number of unbranched alkanes of at least 4 members (excludes halogenated alkanes) is 1. The second kappa shape index (κ2) is 9.74. The lowest BCUT2D eigenvalue weighted by Crippen LogP contribution is -2.03. The molecule has 1 N–H and O–H groups in total. The first-order valence-corrected chi connectivity index (χ1v) is 9.65. The van der Waals surface area contributed by atoms with E-state index < -0.39 is 0 Å². The molecular weight excluding hydrogens is 352 g/mol. The number of benzene rings is 2. The number of rotatable bonds is 9. The molecule has 0 aliphatic rings. The van der Waals surface area contributed by atoms with Gasteiger partial charge in [0.1, 0.15) is 11.6 Å². The Bertz CT molecular complexity index is 945. The number of nitrogens with one attached hydrogen (secondary N) is 1. The summed E-state index contributed by atoms with van der Waals surface area (Å²) in [5.74, 6) is 1.49. The van der Waals surface area contributed by atoms with E-state index in [1.165, 1.54) is 0 Å². The van der Waals surface area contributed by atoms with E-state index >= 15 is 0 Å². The average molecular weight is 378 g/mol. The predicted octanol–water partition coefficient (Wildman–Crippen LogP) is 5.02. The number of aromatic amines is 1. The highest BCUT2D eigenvalue weighted by atomic mass is 16.5. The lowest BCUT2D eigenvalue weighted by atomic mass is 10.0. The summed E-state index contributed by atoms with van der Waals surface area (Å²) in [5.41, 5.74) is 4.09. The van der Waals surface area contributed by atoms with Gasteiger partial charge in [-0.2, -0.15) is 0 Å². The molecule has 146 valence electrons. The van der Waals surface area contributed by atoms with Crippen molar-refractivity contribution in [2.75, 3.05) is 13.7 Å². The highest BCUT2D eigenvalue weighted by Gasteiger charge is 2.12. The third-order valence-electron chi connectivity index (χ3n) is 4.55. The molecule has 5 heteroatoms. The van der Waals surface area contributed by atoms with Crippen LogP contribution in [0.3, 0.4) is 0 Å². The molecule has 0 amide bonds. The van der Waals surface area contributed by atoms with Crippen molar-refractivity contribution in [1.82, 2.24) is 9.97 Å². The van der Waals surface area contributed by atoms with Crippen molar-refractivity contribution >= 4 is 29.2 Å². The van der Waals surface area contributed by atoms with Crippen LogP contribution in [0.4, 0.5) is 0 Å². The van der Waals surface area contributed by atoms with Gasteiger partial charge in [0.05, 0.1) is 24.8 Å². The molecule has 2 aromatic carbocycles. The third-order valence-corrected chi connectivity index (χ3v) is 4.55. The van der Waals surface area contributed by atoms with E-state index in [0.717, 1.165) is 53.0 Å². The van der Waals surface area contributed by atoms with E-state index in [2.05, 4.69) is 17.1 Å². The fourth-order valence-electron chi connectivity index (χ4n) is 3.19. The van der Waals surface area contributed by atoms with Gasteiger partial charge < -0.3 is 14.5 Å². The minimum atomic E-state index is -0.138. The zero-order valence-electron chi connectivity index (χ0n) is 16.4. The van der Waals surface area contributed by atoms with Gasteiger partial charge in [-0.1, -0.05) is 36.4 Å². The average Bonchev–Trinajstić information content (AvgIpc) is 3.14. The molecule has 5 nitrogen and oxygen atoms in total. The first-order valence-electron chi connectivity index (χ1n) is 9.65. The van der Waals surface area contributed by atoms with E-state index in [9.17, 15) is 4.79 Å². The fraction of sp³-hybridized carbons (Fsp3) is 0.304. The minimum Gasteiger partial charge on any atom is -0.496 e. The van der Waals surface area contributed by atoms with Crippen molar-refractivity contribution in [2.24, 2.45) is 0 Å². The summed E-state index contributed by atoms with van der Waals surface area (Å²) < 4.78 is 10.5. The van der Waals surface area contributed by atoms with Gasteiger partial charge in [-0.25, -0.2) is 4.98 Å². The maximum atomic E-state index is 11.5. The van der Waals surface area contributed by atoms with Crippen molar-refractivity contribution in [3.05, 3.63) is 59.4 Å². The lowest BCUT2D eigenvalue weighted by molar-refractivity contribution is -0.143. The van der Waals surface area contributed by atoms with E-state index in [-0.39, 0.29) is 5.97 Å². The molecule has 0 bridgehead atoms. The van der Waals surface area contributed by atoms with E-state index in [4.69, 9.17) is 14.5 Å². The van der Waals surface area contributed by atoms with Crippen LogP contribution in [0.1, 0.15) is 43.1 Å². The quantitative estimate of drug-likeness (QED) is 0.419. The second-order valence-corrected chi connectivity index (χ2v) is 6.52. The van der Waals surface area contributed by atoms with Crippen LogP contribution in [0.2, 0.25) is 0 Å². The number of hydrogen-bond donors (Lipinski definition) is 1. The number of aromatic nitrogens is 2. The van der Waals surface area contributed by atoms with Crippen LogP contribution in [-0.4, -0.2) is 29.7 Å². The summed E-state index contributed by atoms with van der Waals surface area (Å²) in [5, 5.41) is 0. The number of esters is 1. The number of hydrogen-bond acceptors (Lipinski definition) is 4. The zero-order valence-corrected chi connectivity index (χ0v) is 16.4. The Balaban J connectivity index is 1.75. The lowest BCUT2D eigenvalue weighted by Gasteiger charge is -2.09. The van der Waals surface area contributed by atoms with Crippen molar-refractivity contribution in [1.29, 1.82) is 0 Å². The van der Waals surface area contributed by atoms with Gasteiger partial charge >= 0.3 is 5.97 Å². The van der Waals surface area contributed by atoms with Crippen LogP contribution in [0, 0.1) is 0 Å². The van der Waals surface area contributed by atoms with Crippen molar-refractivity contribution in [3.8, 4) is 5.75 Å². The number of nitrogens with zero attached hydrogens (tertiary/aromatic N) is 1. The molecule has 0 fully saturated rings. The molecule has 3 aromatic rings. The van der Waals surface area contributed by atoms with E-state index in [0.29, 0.717) is 13.0 Å². The van der Waals surface area contributed by atoms with Gasteiger partial charge in [0, 0.05) is 12.0 Å². The smallest absolute Gasteiger partial charge is 0.305 e. The topological polar surface area (TPSA) is 64.2 Å². The van der Waals surface area contributed by atoms with Crippen LogP contribution < -0.4 is 4.74 Å². The molecule has 0 aliphatic carbocycles. The number of carbonyl (C=O) groups excluding carboxylic acids is 1. The molecule has 0 unspecified atom stereocenters. The largest absolute Gasteiger partial charge is 0.496 e. The monoisotopic (exact) mass is 378 g/mol. The molecule has 3 rings (SSSR count). The highest BCUT2D eigenvalue weighted by Crippen LogP contribution is 2.28. The number of H-pyrrole nitrogens is 1. The summed E-state index contributed by atoms with van der Waals surface area (Å²) >= 11 is 0. The number of ether oxygens (including phenoxy) is 2. The Hall–Kier alpha value is -3.08. The summed E-state index contributed by atoms with van der Waals surface area (Å²) in [6, 6.07) is 14.1. The third kappa shape index (κ3) is 5.00. The van der Waals surface area contributed by atoms with Crippen LogP contribution >= 0.6 is 0 Å². The fourth-order valence-corrected chi connectivity index (χ4v) is 3.19. The van der Waals surface area contributed by atoms with Crippen molar-refractivity contribution in [2.45, 2.75) is 32.6 Å². The number of fused-ring (bicyclic) bond motifs is 1. The Kier molecular flexibility index (Phi) is 6.84. The maximum Gasteiger partial charge on any atom is 0.305 e. The Morgan fingerprint density at radius 1 is 1.11 bits per heavy atom. The first-order chi connectivity index (χ1) is 13.7. The number of carbonyl (C=O) groups is 1. The van der Waals surface area contributed by atoms with Gasteiger partial charge in [0.25, 0.3) is 0 Å². The summed E-state index contributed by atoms with van der Waals surface area (Å²) in [6.07, 6.45) is 6.91. The molecule has 1 aromatic heterocycles. The normalized spacial score (nSPS) is 11.2. The minimum absolute atomic E-state index is 0.138. The molecular formula is C23H26N2O3. The van der Waals surface area contributed by atoms with Crippen LogP contribution in [-0.2, 0) is 16.0 Å². The predicted molar refractivity (Wildman–Crippen MR) is 112 cm³/mol. The Labute approximate surface area is 165 Å². The number of imidazole rings is 1. The standard InChI is InChI=1S/C23H26N2O3/c1-3-28-22(26)12-8-7-11-18-20(27-2)15-14-19-23(18)25-21(24-19)16-13-17-9-5-4-6-10-17/h4-6,9-10,13-16H,3,7-8,11-12H2,1-2H3,(H,24,25)/b16-13+. The molecule has 0 saturated carbocycles. The second-order valence-electron chi connectivity index (χ2n) is 6.52. The molecule has 0 spiro atoms. The van der Waals surface area contributed by atoms with Crippen LogP contribution in [0.5, 0.6) is 5.75 Å². The molecule has 28 heavy (non-hydrogen) atoms.